The van der Waals surface area contributed by atoms with Gasteiger partial charge in [0.15, 0.2) is 0 Å². The number of carbonyl (C=O) groups excluding carboxylic acids is 1. The third-order valence-corrected chi connectivity index (χ3v) is 3.07. The standard InChI is InChI=1S/C10H17NO2/c1-13-10(12)9(7-5-6-7)11-8-3-2-4-8/h7-9,11H,2-6H2,1H3. The summed E-state index contributed by atoms with van der Waals surface area (Å²) in [6.07, 6.45) is 6.11. The van der Waals surface area contributed by atoms with Gasteiger partial charge in [-0.25, -0.2) is 0 Å². The molecule has 2 saturated carbocycles. The number of hydrogen-bond donors (Lipinski definition) is 1. The first-order valence-corrected chi connectivity index (χ1v) is 5.15. The van der Waals surface area contributed by atoms with E-state index < -0.39 is 0 Å². The smallest absolute Gasteiger partial charge is 0.323 e. The highest BCUT2D eigenvalue weighted by atomic mass is 16.5. The molecule has 0 aromatic heterocycles. The fourth-order valence-corrected chi connectivity index (χ4v) is 1.78. The molecule has 3 nitrogen and oxygen atoms in total. The van der Waals surface area contributed by atoms with Crippen molar-refractivity contribution in [1.29, 1.82) is 0 Å². The van der Waals surface area contributed by atoms with Crippen LogP contribution in [0.2, 0.25) is 0 Å². The van der Waals surface area contributed by atoms with E-state index in [0.29, 0.717) is 12.0 Å². The van der Waals surface area contributed by atoms with Gasteiger partial charge >= 0.3 is 5.97 Å². The highest BCUT2D eigenvalue weighted by Crippen LogP contribution is 2.34. The summed E-state index contributed by atoms with van der Waals surface area (Å²) in [5.41, 5.74) is 0. The van der Waals surface area contributed by atoms with Crippen molar-refractivity contribution in [2.75, 3.05) is 7.11 Å². The Morgan fingerprint density at radius 1 is 1.38 bits per heavy atom. The van der Waals surface area contributed by atoms with Gasteiger partial charge in [0, 0.05) is 6.04 Å². The summed E-state index contributed by atoms with van der Waals surface area (Å²) in [7, 11) is 1.47. The molecule has 2 aliphatic carbocycles. The predicted molar refractivity (Wildman–Crippen MR) is 49.3 cm³/mol. The van der Waals surface area contributed by atoms with Crippen molar-refractivity contribution in [2.24, 2.45) is 5.92 Å². The number of nitrogens with one attached hydrogen (secondary N) is 1. The van der Waals surface area contributed by atoms with Gasteiger partial charge in [-0.3, -0.25) is 4.79 Å². The molecule has 0 aromatic rings. The molecule has 1 unspecified atom stereocenters. The Kier molecular flexibility index (Phi) is 2.54. The van der Waals surface area contributed by atoms with Crippen LogP contribution in [0, 0.1) is 5.92 Å². The van der Waals surface area contributed by atoms with Crippen LogP contribution >= 0.6 is 0 Å². The van der Waals surface area contributed by atoms with Crippen LogP contribution < -0.4 is 5.32 Å². The zero-order valence-electron chi connectivity index (χ0n) is 8.08. The molecule has 13 heavy (non-hydrogen) atoms. The summed E-state index contributed by atoms with van der Waals surface area (Å²) in [6.45, 7) is 0. The van der Waals surface area contributed by atoms with E-state index in [4.69, 9.17) is 4.74 Å². The van der Waals surface area contributed by atoms with Crippen LogP contribution in [0.15, 0.2) is 0 Å². The van der Waals surface area contributed by atoms with Crippen LogP contribution in [0.3, 0.4) is 0 Å². The largest absolute Gasteiger partial charge is 0.468 e. The van der Waals surface area contributed by atoms with Gasteiger partial charge in [-0.05, 0) is 31.6 Å². The molecule has 2 fully saturated rings. The quantitative estimate of drug-likeness (QED) is 0.663. The number of esters is 1. The van der Waals surface area contributed by atoms with E-state index in [1.165, 1.54) is 39.2 Å². The first-order valence-electron chi connectivity index (χ1n) is 5.15. The second kappa shape index (κ2) is 3.66. The van der Waals surface area contributed by atoms with Gasteiger partial charge in [0.25, 0.3) is 0 Å². The van der Waals surface area contributed by atoms with Crippen molar-refractivity contribution in [3.63, 3.8) is 0 Å². The highest BCUT2D eigenvalue weighted by molar-refractivity contribution is 5.76. The van der Waals surface area contributed by atoms with E-state index in [0.717, 1.165) is 0 Å². The Morgan fingerprint density at radius 3 is 2.46 bits per heavy atom. The normalized spacial score (nSPS) is 25.0. The van der Waals surface area contributed by atoms with Crippen molar-refractivity contribution in [3.05, 3.63) is 0 Å². The van der Waals surface area contributed by atoms with E-state index in [2.05, 4.69) is 5.32 Å². The average Bonchev–Trinajstić information content (AvgIpc) is 2.85. The summed E-state index contributed by atoms with van der Waals surface area (Å²) in [5.74, 6) is 0.474. The van der Waals surface area contributed by atoms with E-state index in [1.807, 2.05) is 0 Å². The second-order valence-electron chi connectivity index (χ2n) is 4.13. The van der Waals surface area contributed by atoms with Gasteiger partial charge in [-0.15, -0.1) is 0 Å². The number of ether oxygens (including phenoxy) is 1. The Labute approximate surface area is 78.8 Å². The monoisotopic (exact) mass is 183 g/mol. The average molecular weight is 183 g/mol. The molecule has 0 heterocycles. The minimum absolute atomic E-state index is 0.0182. The van der Waals surface area contributed by atoms with Crippen LogP contribution in [0.4, 0.5) is 0 Å². The Bertz CT molecular complexity index is 197. The van der Waals surface area contributed by atoms with E-state index >= 15 is 0 Å². The van der Waals surface area contributed by atoms with Gasteiger partial charge in [0.1, 0.15) is 6.04 Å². The topological polar surface area (TPSA) is 38.3 Å². The fourth-order valence-electron chi connectivity index (χ4n) is 1.78. The minimum Gasteiger partial charge on any atom is -0.468 e. The highest BCUT2D eigenvalue weighted by Gasteiger charge is 2.38. The SMILES string of the molecule is COC(=O)C(NC1CCC1)C1CC1. The molecule has 0 aromatic carbocycles. The van der Waals surface area contributed by atoms with Crippen LogP contribution in [0.25, 0.3) is 0 Å². The van der Waals surface area contributed by atoms with Crippen molar-refractivity contribution < 1.29 is 9.53 Å². The van der Waals surface area contributed by atoms with E-state index in [1.54, 1.807) is 0 Å². The van der Waals surface area contributed by atoms with E-state index in [9.17, 15) is 4.79 Å². The summed E-state index contributed by atoms with van der Waals surface area (Å²) >= 11 is 0. The molecule has 74 valence electrons. The van der Waals surface area contributed by atoms with Crippen LogP contribution in [0.1, 0.15) is 32.1 Å². The molecule has 3 heteroatoms. The number of hydrogen-bond acceptors (Lipinski definition) is 3. The van der Waals surface area contributed by atoms with Gasteiger partial charge in [0.2, 0.25) is 0 Å². The Hall–Kier alpha value is -0.570. The number of rotatable bonds is 4. The molecular weight excluding hydrogens is 166 g/mol. The summed E-state index contributed by atoms with van der Waals surface area (Å²) in [6, 6.07) is 0.556. The summed E-state index contributed by atoms with van der Waals surface area (Å²) < 4.78 is 4.78. The summed E-state index contributed by atoms with van der Waals surface area (Å²) in [5, 5.41) is 3.39. The molecule has 1 N–H and O–H groups in total. The molecule has 2 aliphatic rings. The van der Waals surface area contributed by atoms with E-state index in [-0.39, 0.29) is 12.0 Å². The van der Waals surface area contributed by atoms with Gasteiger partial charge < -0.3 is 10.1 Å². The Balaban J connectivity index is 1.84. The third kappa shape index (κ3) is 2.02. The summed E-state index contributed by atoms with van der Waals surface area (Å²) in [4.78, 5) is 11.4. The molecule has 0 amide bonds. The van der Waals surface area contributed by atoms with Crippen LogP contribution in [-0.2, 0) is 9.53 Å². The Morgan fingerprint density at radius 2 is 2.08 bits per heavy atom. The molecule has 0 bridgehead atoms. The van der Waals surface area contributed by atoms with Crippen molar-refractivity contribution >= 4 is 5.97 Å². The van der Waals surface area contributed by atoms with Crippen molar-refractivity contribution in [2.45, 2.75) is 44.2 Å². The maximum Gasteiger partial charge on any atom is 0.323 e. The molecule has 2 rings (SSSR count). The molecular formula is C10H17NO2. The first-order chi connectivity index (χ1) is 6.31. The fraction of sp³-hybridized carbons (Fsp3) is 0.900. The van der Waals surface area contributed by atoms with Crippen molar-refractivity contribution in [1.82, 2.24) is 5.32 Å². The molecule has 0 aliphatic heterocycles. The number of methoxy groups -OCH3 is 1. The molecule has 0 saturated heterocycles. The third-order valence-electron chi connectivity index (χ3n) is 3.07. The lowest BCUT2D eigenvalue weighted by Gasteiger charge is -2.30. The minimum atomic E-state index is -0.0746. The van der Waals surface area contributed by atoms with Gasteiger partial charge in [0.05, 0.1) is 7.11 Å². The maximum atomic E-state index is 11.4. The van der Waals surface area contributed by atoms with Gasteiger partial charge in [-0.2, -0.15) is 0 Å². The zero-order chi connectivity index (χ0) is 9.26. The molecule has 1 atom stereocenters. The number of carbonyl (C=O) groups is 1. The van der Waals surface area contributed by atoms with Crippen molar-refractivity contribution in [3.8, 4) is 0 Å². The lowest BCUT2D eigenvalue weighted by atomic mass is 9.92. The lowest BCUT2D eigenvalue weighted by Crippen LogP contribution is -2.48. The predicted octanol–water partition coefficient (Wildman–Crippen LogP) is 1.08. The molecule has 0 spiro atoms. The zero-order valence-corrected chi connectivity index (χ0v) is 8.08. The van der Waals surface area contributed by atoms with Crippen LogP contribution in [-0.4, -0.2) is 25.2 Å². The lowest BCUT2D eigenvalue weighted by molar-refractivity contribution is -0.144. The first kappa shape index (κ1) is 9.00. The molecule has 0 radical (unpaired) electrons. The van der Waals surface area contributed by atoms with Crippen LogP contribution in [0.5, 0.6) is 0 Å². The van der Waals surface area contributed by atoms with Gasteiger partial charge in [-0.1, -0.05) is 6.42 Å². The second-order valence-corrected chi connectivity index (χ2v) is 4.13. The maximum absolute atomic E-state index is 11.4.